The Morgan fingerprint density at radius 3 is 2.54 bits per heavy atom. The van der Waals surface area contributed by atoms with Crippen molar-refractivity contribution in [1.82, 2.24) is 24.0 Å². The number of fused-ring (bicyclic) bond motifs is 1. The van der Waals surface area contributed by atoms with Crippen LogP contribution in [0.1, 0.15) is 54.7 Å². The van der Waals surface area contributed by atoms with Gasteiger partial charge in [-0.05, 0) is 41.8 Å². The van der Waals surface area contributed by atoms with Crippen molar-refractivity contribution >= 4 is 28.4 Å². The van der Waals surface area contributed by atoms with Crippen LogP contribution in [-0.2, 0) is 31.9 Å². The summed E-state index contributed by atoms with van der Waals surface area (Å²) in [7, 11) is 3.05. The van der Waals surface area contributed by atoms with E-state index in [4.69, 9.17) is 0 Å². The van der Waals surface area contributed by atoms with Crippen LogP contribution in [0.4, 0.5) is 0 Å². The first-order valence-corrected chi connectivity index (χ1v) is 12.8. The van der Waals surface area contributed by atoms with Crippen molar-refractivity contribution in [1.29, 1.82) is 0 Å². The van der Waals surface area contributed by atoms with E-state index in [1.165, 1.54) is 23.6 Å². The number of imidazole rings is 1. The van der Waals surface area contributed by atoms with Crippen molar-refractivity contribution in [3.8, 4) is 0 Å². The summed E-state index contributed by atoms with van der Waals surface area (Å²) in [6.45, 7) is 2.64. The molecule has 0 aliphatic rings. The molecule has 35 heavy (non-hydrogen) atoms. The molecule has 184 valence electrons. The Hall–Kier alpha value is -3.46. The molecular weight excluding hydrogens is 462 g/mol. The molecule has 0 saturated heterocycles. The number of hydrogen-bond acceptors (Lipinski definition) is 5. The molecule has 0 saturated carbocycles. The van der Waals surface area contributed by atoms with Gasteiger partial charge in [0.05, 0.1) is 12.4 Å². The number of aromatic nitrogens is 4. The van der Waals surface area contributed by atoms with Crippen molar-refractivity contribution in [2.75, 3.05) is 0 Å². The molecule has 0 spiro atoms. The summed E-state index contributed by atoms with van der Waals surface area (Å²) in [6.07, 6.45) is 5.79. The third-order valence-corrected chi connectivity index (χ3v) is 7.22. The van der Waals surface area contributed by atoms with E-state index in [0.29, 0.717) is 30.6 Å². The fourth-order valence-electron chi connectivity index (χ4n) is 4.24. The molecular formula is C26H31N5O3S. The molecule has 0 aliphatic carbocycles. The summed E-state index contributed by atoms with van der Waals surface area (Å²) in [5, 5.41) is 5.20. The number of carbonyl (C=O) groups excluding carboxylic acids is 1. The van der Waals surface area contributed by atoms with Crippen LogP contribution in [0.15, 0.2) is 57.7 Å². The quantitative estimate of drug-likeness (QED) is 0.366. The topological polar surface area (TPSA) is 90.9 Å². The standard InChI is InChI=1S/C26H31N5O3S/c1-4-5-8-18-11-13-19(14-12-18)22(20-9-7-16-35-20)28-21(32)10-6-15-31-17-27-24-23(31)25(33)30(3)26(34)29(24)2/h7,9,11-14,16-17,22H,4-6,8,10,15H2,1-3H3,(H,28,32)/t22-/m0/s1. The summed E-state index contributed by atoms with van der Waals surface area (Å²) in [4.78, 5) is 43.0. The highest BCUT2D eigenvalue weighted by Crippen LogP contribution is 2.27. The molecule has 0 aliphatic heterocycles. The Labute approximate surface area is 207 Å². The van der Waals surface area contributed by atoms with Gasteiger partial charge in [0, 0.05) is 31.9 Å². The second kappa shape index (κ2) is 10.9. The maximum absolute atomic E-state index is 12.9. The van der Waals surface area contributed by atoms with E-state index in [1.54, 1.807) is 29.3 Å². The Morgan fingerprint density at radius 2 is 1.86 bits per heavy atom. The third kappa shape index (κ3) is 5.30. The summed E-state index contributed by atoms with van der Waals surface area (Å²) >= 11 is 1.62. The van der Waals surface area contributed by atoms with Crippen LogP contribution in [0.25, 0.3) is 11.2 Å². The van der Waals surface area contributed by atoms with Crippen LogP contribution >= 0.6 is 11.3 Å². The number of rotatable bonds is 10. The second-order valence-corrected chi connectivity index (χ2v) is 9.76. The zero-order valence-electron chi connectivity index (χ0n) is 20.4. The molecule has 1 aromatic carbocycles. The zero-order chi connectivity index (χ0) is 24.9. The minimum atomic E-state index is -0.412. The fourth-order valence-corrected chi connectivity index (χ4v) is 5.04. The van der Waals surface area contributed by atoms with Gasteiger partial charge in [0.1, 0.15) is 0 Å². The number of nitrogens with zero attached hydrogens (tertiary/aromatic N) is 4. The van der Waals surface area contributed by atoms with E-state index < -0.39 is 5.69 Å². The fraction of sp³-hybridized carbons (Fsp3) is 0.385. The molecule has 0 radical (unpaired) electrons. The van der Waals surface area contributed by atoms with Crippen LogP contribution in [0.5, 0.6) is 0 Å². The summed E-state index contributed by atoms with van der Waals surface area (Å²) in [6, 6.07) is 12.3. The van der Waals surface area contributed by atoms with E-state index in [0.717, 1.165) is 27.8 Å². The summed E-state index contributed by atoms with van der Waals surface area (Å²) < 4.78 is 4.15. The highest BCUT2D eigenvalue weighted by Gasteiger charge is 2.19. The smallest absolute Gasteiger partial charge is 0.332 e. The summed E-state index contributed by atoms with van der Waals surface area (Å²) in [5.74, 6) is -0.0526. The van der Waals surface area contributed by atoms with Crippen molar-refractivity contribution in [3.05, 3.63) is 84.9 Å². The van der Waals surface area contributed by atoms with Gasteiger partial charge < -0.3 is 9.88 Å². The highest BCUT2D eigenvalue weighted by molar-refractivity contribution is 7.10. The van der Waals surface area contributed by atoms with Gasteiger partial charge in [-0.25, -0.2) is 9.78 Å². The first kappa shape index (κ1) is 24.7. The monoisotopic (exact) mass is 493 g/mol. The van der Waals surface area contributed by atoms with Gasteiger partial charge in [-0.15, -0.1) is 11.3 Å². The molecule has 8 nitrogen and oxygen atoms in total. The lowest BCUT2D eigenvalue weighted by atomic mass is 10.0. The van der Waals surface area contributed by atoms with E-state index in [1.807, 2.05) is 17.5 Å². The van der Waals surface area contributed by atoms with Crippen LogP contribution in [0.3, 0.4) is 0 Å². The van der Waals surface area contributed by atoms with Gasteiger partial charge in [0.2, 0.25) is 5.91 Å². The van der Waals surface area contributed by atoms with Gasteiger partial charge in [-0.1, -0.05) is 43.7 Å². The molecule has 0 bridgehead atoms. The third-order valence-electron chi connectivity index (χ3n) is 6.29. The van der Waals surface area contributed by atoms with Crippen LogP contribution in [-0.4, -0.2) is 24.6 Å². The zero-order valence-corrected chi connectivity index (χ0v) is 21.2. The van der Waals surface area contributed by atoms with E-state index in [9.17, 15) is 14.4 Å². The van der Waals surface area contributed by atoms with Gasteiger partial charge in [-0.3, -0.25) is 18.7 Å². The lowest BCUT2D eigenvalue weighted by Gasteiger charge is -2.19. The molecule has 0 fully saturated rings. The number of unbranched alkanes of at least 4 members (excludes halogenated alkanes) is 1. The molecule has 3 heterocycles. The minimum Gasteiger partial charge on any atom is -0.344 e. The molecule has 4 rings (SSSR count). The number of amides is 1. The van der Waals surface area contributed by atoms with Crippen LogP contribution < -0.4 is 16.6 Å². The largest absolute Gasteiger partial charge is 0.344 e. The minimum absolute atomic E-state index is 0.0526. The second-order valence-electron chi connectivity index (χ2n) is 8.78. The van der Waals surface area contributed by atoms with Crippen molar-refractivity contribution in [2.45, 2.75) is 51.6 Å². The average Bonchev–Trinajstić information content (AvgIpc) is 3.54. The van der Waals surface area contributed by atoms with Crippen LogP contribution in [0, 0.1) is 0 Å². The summed E-state index contributed by atoms with van der Waals surface area (Å²) in [5.41, 5.74) is 2.29. The molecule has 1 N–H and O–H groups in total. The molecule has 3 aromatic heterocycles. The van der Waals surface area contributed by atoms with Crippen molar-refractivity contribution < 1.29 is 4.79 Å². The van der Waals surface area contributed by atoms with Gasteiger partial charge >= 0.3 is 5.69 Å². The number of aryl methyl sites for hydroxylation is 3. The molecule has 0 unspecified atom stereocenters. The Balaban J connectivity index is 1.44. The first-order chi connectivity index (χ1) is 16.9. The maximum Gasteiger partial charge on any atom is 0.332 e. The van der Waals surface area contributed by atoms with Gasteiger partial charge in [-0.2, -0.15) is 0 Å². The lowest BCUT2D eigenvalue weighted by Crippen LogP contribution is -2.37. The normalized spacial score (nSPS) is 12.2. The predicted octanol–water partition coefficient (Wildman–Crippen LogP) is 3.52. The molecule has 9 heteroatoms. The van der Waals surface area contributed by atoms with E-state index >= 15 is 0 Å². The lowest BCUT2D eigenvalue weighted by molar-refractivity contribution is -0.121. The Kier molecular flexibility index (Phi) is 7.65. The Morgan fingerprint density at radius 1 is 1.09 bits per heavy atom. The van der Waals surface area contributed by atoms with E-state index in [-0.39, 0.29) is 17.5 Å². The number of carbonyl (C=O) groups is 1. The average molecular weight is 494 g/mol. The predicted molar refractivity (Wildman–Crippen MR) is 139 cm³/mol. The number of thiophene rings is 1. The molecule has 1 amide bonds. The van der Waals surface area contributed by atoms with Crippen molar-refractivity contribution in [2.24, 2.45) is 14.1 Å². The molecule has 4 aromatic rings. The SMILES string of the molecule is CCCCc1ccc([C@H](NC(=O)CCCn2cnc3c2c(=O)n(C)c(=O)n3C)c2cccs2)cc1. The van der Waals surface area contributed by atoms with E-state index in [2.05, 4.69) is 41.5 Å². The van der Waals surface area contributed by atoms with Crippen LogP contribution in [0.2, 0.25) is 0 Å². The Bertz CT molecular complexity index is 1410. The van der Waals surface area contributed by atoms with Gasteiger partial charge in [0.15, 0.2) is 11.2 Å². The maximum atomic E-state index is 12.9. The van der Waals surface area contributed by atoms with Crippen molar-refractivity contribution in [3.63, 3.8) is 0 Å². The highest BCUT2D eigenvalue weighted by atomic mass is 32.1. The van der Waals surface area contributed by atoms with Gasteiger partial charge in [0.25, 0.3) is 5.56 Å². The first-order valence-electron chi connectivity index (χ1n) is 11.9. The number of nitrogens with one attached hydrogen (secondary N) is 1. The number of benzene rings is 1. The molecule has 1 atom stereocenters. The number of hydrogen-bond donors (Lipinski definition) is 1.